The number of hydrogen-bond donors (Lipinski definition) is 1. The molecule has 0 unspecified atom stereocenters. The Labute approximate surface area is 143 Å². The van der Waals surface area contributed by atoms with Crippen LogP contribution >= 0.6 is 0 Å². The Kier molecular flexibility index (Phi) is 4.40. The molecule has 0 fully saturated rings. The quantitative estimate of drug-likeness (QED) is 0.710. The zero-order valence-corrected chi connectivity index (χ0v) is 13.2. The van der Waals surface area contributed by atoms with Crippen LogP contribution in [0.1, 0.15) is 11.4 Å². The molecule has 12 heteroatoms. The lowest BCUT2D eigenvalue weighted by molar-refractivity contribution is -0.141. The van der Waals surface area contributed by atoms with Gasteiger partial charge in [0.25, 0.3) is 0 Å². The monoisotopic (exact) mass is 369 g/mol. The molecule has 1 amide bonds. The van der Waals surface area contributed by atoms with Crippen LogP contribution in [-0.4, -0.2) is 35.4 Å². The van der Waals surface area contributed by atoms with Crippen molar-refractivity contribution in [2.45, 2.75) is 19.6 Å². The Morgan fingerprint density at radius 3 is 2.65 bits per heavy atom. The first-order valence-electron chi connectivity index (χ1n) is 7.16. The average Bonchev–Trinajstić information content (AvgIpc) is 3.17. The van der Waals surface area contributed by atoms with Gasteiger partial charge in [-0.3, -0.25) is 9.48 Å². The van der Waals surface area contributed by atoms with E-state index in [0.29, 0.717) is 0 Å². The smallest absolute Gasteiger partial charge is 0.323 e. The van der Waals surface area contributed by atoms with E-state index in [2.05, 4.69) is 25.5 Å². The van der Waals surface area contributed by atoms with Crippen LogP contribution in [0.4, 0.5) is 23.2 Å². The van der Waals surface area contributed by atoms with Crippen molar-refractivity contribution in [1.82, 2.24) is 29.5 Å². The molecule has 3 aromatic rings. The van der Waals surface area contributed by atoms with Crippen molar-refractivity contribution in [2.75, 3.05) is 5.32 Å². The van der Waals surface area contributed by atoms with Gasteiger partial charge in [0.2, 0.25) is 5.91 Å². The van der Waals surface area contributed by atoms with Gasteiger partial charge in [-0.1, -0.05) is 0 Å². The first-order valence-corrected chi connectivity index (χ1v) is 7.16. The lowest BCUT2D eigenvalue weighted by Gasteiger charge is -2.08. The Morgan fingerprint density at radius 1 is 1.31 bits per heavy atom. The van der Waals surface area contributed by atoms with E-state index in [0.717, 1.165) is 21.5 Å². The van der Waals surface area contributed by atoms with Crippen LogP contribution in [-0.2, 0) is 17.5 Å². The van der Waals surface area contributed by atoms with E-state index in [1.807, 2.05) is 0 Å². The Morgan fingerprint density at radius 2 is 2.08 bits per heavy atom. The van der Waals surface area contributed by atoms with Gasteiger partial charge < -0.3 is 5.32 Å². The molecule has 3 rings (SSSR count). The summed E-state index contributed by atoms with van der Waals surface area (Å²) < 4.78 is 53.9. The van der Waals surface area contributed by atoms with Crippen LogP contribution in [0.2, 0.25) is 0 Å². The number of carbonyl (C=O) groups is 1. The number of nitrogens with one attached hydrogen (secondary N) is 1. The second kappa shape index (κ2) is 6.54. The maximum Gasteiger partial charge on any atom is 0.435 e. The van der Waals surface area contributed by atoms with Crippen LogP contribution in [0.25, 0.3) is 5.82 Å². The molecule has 26 heavy (non-hydrogen) atoms. The van der Waals surface area contributed by atoms with E-state index in [4.69, 9.17) is 0 Å². The summed E-state index contributed by atoms with van der Waals surface area (Å²) in [5.74, 6) is -1.55. The van der Waals surface area contributed by atoms with Gasteiger partial charge in [0.15, 0.2) is 17.3 Å². The fourth-order valence-electron chi connectivity index (χ4n) is 2.13. The molecule has 0 aliphatic rings. The molecule has 8 nitrogen and oxygen atoms in total. The largest absolute Gasteiger partial charge is 0.435 e. The number of hydrogen-bond acceptors (Lipinski definition) is 5. The highest BCUT2D eigenvalue weighted by Gasteiger charge is 2.34. The van der Waals surface area contributed by atoms with E-state index >= 15 is 0 Å². The van der Waals surface area contributed by atoms with Gasteiger partial charge >= 0.3 is 6.18 Å². The van der Waals surface area contributed by atoms with Crippen molar-refractivity contribution >= 4 is 11.6 Å². The molecule has 3 aromatic heterocycles. The summed E-state index contributed by atoms with van der Waals surface area (Å²) in [6, 6.07) is 1.85. The van der Waals surface area contributed by atoms with Gasteiger partial charge in [-0.25, -0.2) is 14.4 Å². The third-order valence-electron chi connectivity index (χ3n) is 3.31. The maximum absolute atomic E-state index is 14.0. The number of rotatable bonds is 4. The number of aryl methyl sites for hydroxylation is 1. The van der Waals surface area contributed by atoms with Crippen molar-refractivity contribution in [1.29, 1.82) is 0 Å². The number of nitrogens with zero attached hydrogens (tertiary/aromatic N) is 6. The minimum atomic E-state index is -4.60. The molecule has 1 N–H and O–H groups in total. The van der Waals surface area contributed by atoms with Gasteiger partial charge in [-0.15, -0.1) is 0 Å². The van der Waals surface area contributed by atoms with Crippen LogP contribution in [0.3, 0.4) is 0 Å². The van der Waals surface area contributed by atoms with E-state index in [-0.39, 0.29) is 17.2 Å². The molecular weight excluding hydrogens is 358 g/mol. The van der Waals surface area contributed by atoms with Crippen molar-refractivity contribution < 1.29 is 22.4 Å². The van der Waals surface area contributed by atoms with Crippen LogP contribution < -0.4 is 5.32 Å². The van der Waals surface area contributed by atoms with Crippen LogP contribution in [0.5, 0.6) is 0 Å². The lowest BCUT2D eigenvalue weighted by atomic mass is 10.3. The number of carbonyl (C=O) groups excluding carboxylic acids is 1. The second-order valence-electron chi connectivity index (χ2n) is 5.24. The standard InChI is InChI=1S/C14H11F4N7O/c1-8-2-11(14(16,17)18)23-24(8)5-12(26)22-9-3-10(15)13(20-4-9)25-7-19-6-21-25/h2-4,6-7H,5H2,1H3,(H,22,26). The zero-order chi connectivity index (χ0) is 18.9. The van der Waals surface area contributed by atoms with E-state index in [9.17, 15) is 22.4 Å². The third-order valence-corrected chi connectivity index (χ3v) is 3.31. The van der Waals surface area contributed by atoms with E-state index in [1.54, 1.807) is 0 Å². The van der Waals surface area contributed by atoms with Gasteiger partial charge in [0.1, 0.15) is 19.2 Å². The van der Waals surface area contributed by atoms with Crippen molar-refractivity contribution in [3.63, 3.8) is 0 Å². The first kappa shape index (κ1) is 17.5. The summed E-state index contributed by atoms with van der Waals surface area (Å²) in [5, 5.41) is 9.44. The first-order chi connectivity index (χ1) is 12.2. The van der Waals surface area contributed by atoms with Crippen molar-refractivity contribution in [3.8, 4) is 5.82 Å². The normalized spacial score (nSPS) is 11.6. The Bertz CT molecular complexity index is 933. The second-order valence-corrected chi connectivity index (χ2v) is 5.24. The predicted octanol–water partition coefficient (Wildman–Crippen LogP) is 1.96. The third kappa shape index (κ3) is 3.68. The molecule has 0 aliphatic heterocycles. The average molecular weight is 369 g/mol. The fraction of sp³-hybridized carbons (Fsp3) is 0.214. The highest BCUT2D eigenvalue weighted by molar-refractivity contribution is 5.90. The Hall–Kier alpha value is -3.31. The van der Waals surface area contributed by atoms with Crippen molar-refractivity contribution in [3.05, 3.63) is 48.2 Å². The van der Waals surface area contributed by atoms with Gasteiger partial charge in [0, 0.05) is 11.8 Å². The van der Waals surface area contributed by atoms with Gasteiger partial charge in [-0.05, 0) is 13.0 Å². The molecule has 0 atom stereocenters. The molecule has 0 aliphatic carbocycles. The van der Waals surface area contributed by atoms with Crippen LogP contribution in [0, 0.1) is 12.7 Å². The molecular formula is C14H11F4N7O. The van der Waals surface area contributed by atoms with Gasteiger partial charge in [0.05, 0.1) is 11.9 Å². The Balaban J connectivity index is 1.71. The lowest BCUT2D eigenvalue weighted by Crippen LogP contribution is -2.21. The molecule has 0 bridgehead atoms. The zero-order valence-electron chi connectivity index (χ0n) is 13.2. The molecule has 0 saturated carbocycles. The predicted molar refractivity (Wildman–Crippen MR) is 79.7 cm³/mol. The molecule has 3 heterocycles. The molecule has 0 spiro atoms. The minimum Gasteiger partial charge on any atom is -0.323 e. The van der Waals surface area contributed by atoms with Crippen molar-refractivity contribution in [2.24, 2.45) is 0 Å². The topological polar surface area (TPSA) is 90.5 Å². The molecule has 136 valence electrons. The fourth-order valence-corrected chi connectivity index (χ4v) is 2.13. The number of halogens is 4. The molecule has 0 radical (unpaired) electrons. The summed E-state index contributed by atoms with van der Waals surface area (Å²) in [7, 11) is 0. The molecule has 0 aromatic carbocycles. The molecule has 0 saturated heterocycles. The number of pyridine rings is 1. The van der Waals surface area contributed by atoms with E-state index < -0.39 is 30.1 Å². The highest BCUT2D eigenvalue weighted by Crippen LogP contribution is 2.28. The summed E-state index contributed by atoms with van der Waals surface area (Å²) in [6.07, 6.45) is -0.952. The summed E-state index contributed by atoms with van der Waals surface area (Å²) in [6.45, 7) is 0.929. The summed E-state index contributed by atoms with van der Waals surface area (Å²) in [4.78, 5) is 19.5. The summed E-state index contributed by atoms with van der Waals surface area (Å²) >= 11 is 0. The number of alkyl halides is 3. The number of amides is 1. The highest BCUT2D eigenvalue weighted by atomic mass is 19.4. The number of aromatic nitrogens is 6. The summed E-state index contributed by atoms with van der Waals surface area (Å²) in [5.41, 5.74) is -0.886. The van der Waals surface area contributed by atoms with Gasteiger partial charge in [-0.2, -0.15) is 28.1 Å². The minimum absolute atomic E-state index is 0.0391. The van der Waals surface area contributed by atoms with E-state index in [1.165, 1.54) is 25.8 Å². The SMILES string of the molecule is Cc1cc(C(F)(F)F)nn1CC(=O)Nc1cnc(-n2cncn2)c(F)c1. The maximum atomic E-state index is 14.0. The number of anilines is 1. The van der Waals surface area contributed by atoms with Crippen LogP contribution in [0.15, 0.2) is 31.0 Å².